The van der Waals surface area contributed by atoms with Crippen molar-refractivity contribution in [1.82, 2.24) is 5.32 Å². The molecule has 7 heteroatoms. The number of halogens is 1. The highest BCUT2D eigenvalue weighted by molar-refractivity contribution is 6.07. The second-order valence-electron chi connectivity index (χ2n) is 7.21. The molecular weight excluding hydrogens is 399 g/mol. The molecule has 0 aliphatic carbocycles. The molecule has 1 saturated heterocycles. The summed E-state index contributed by atoms with van der Waals surface area (Å²) in [5, 5.41) is 2.65. The van der Waals surface area contributed by atoms with Crippen LogP contribution < -0.4 is 19.7 Å². The van der Waals surface area contributed by atoms with E-state index in [0.29, 0.717) is 34.9 Å². The zero-order chi connectivity index (χ0) is 22.2. The second-order valence-corrected chi connectivity index (χ2v) is 7.21. The number of carbonyl (C=O) groups excluding carboxylic acids is 2. The highest BCUT2D eigenvalue weighted by Crippen LogP contribution is 2.29. The highest BCUT2D eigenvalue weighted by Gasteiger charge is 2.17. The molecule has 1 aliphatic rings. The smallest absolute Gasteiger partial charge is 0.257 e. The number of rotatable bonds is 9. The summed E-state index contributed by atoms with van der Waals surface area (Å²) >= 11 is 0. The van der Waals surface area contributed by atoms with Crippen LogP contribution in [0.2, 0.25) is 0 Å². The molecule has 164 valence electrons. The third-order valence-electron chi connectivity index (χ3n) is 5.03. The zero-order valence-corrected chi connectivity index (χ0v) is 17.8. The number of benzene rings is 2. The van der Waals surface area contributed by atoms with Gasteiger partial charge < -0.3 is 19.7 Å². The van der Waals surface area contributed by atoms with Gasteiger partial charge in [-0.15, -0.1) is 0 Å². The van der Waals surface area contributed by atoms with E-state index in [1.54, 1.807) is 36.4 Å². The minimum absolute atomic E-state index is 0.114. The SMILES string of the molecule is CCNC(=O)COc1ccc(/C=C/C(=O)c2ccc(N3CCCC3)c(F)c2)cc1OC. The molecule has 1 amide bonds. The van der Waals surface area contributed by atoms with Crippen molar-refractivity contribution in [3.63, 3.8) is 0 Å². The fourth-order valence-electron chi connectivity index (χ4n) is 3.44. The monoisotopic (exact) mass is 426 g/mol. The van der Waals surface area contributed by atoms with Crippen LogP contribution in [0.1, 0.15) is 35.7 Å². The number of carbonyl (C=O) groups is 2. The molecule has 0 aromatic heterocycles. The third kappa shape index (κ3) is 5.84. The molecule has 1 fully saturated rings. The van der Waals surface area contributed by atoms with Crippen LogP contribution in [0, 0.1) is 5.82 Å². The molecule has 2 aromatic rings. The van der Waals surface area contributed by atoms with Gasteiger partial charge in [-0.05, 0) is 61.7 Å². The first-order valence-corrected chi connectivity index (χ1v) is 10.4. The molecule has 0 spiro atoms. The van der Waals surface area contributed by atoms with Crippen molar-refractivity contribution < 1.29 is 23.5 Å². The Kier molecular flexibility index (Phi) is 7.65. The molecule has 0 unspecified atom stereocenters. The minimum atomic E-state index is -0.378. The molecule has 6 nitrogen and oxygen atoms in total. The third-order valence-corrected chi connectivity index (χ3v) is 5.03. The number of ether oxygens (including phenoxy) is 2. The number of anilines is 1. The standard InChI is InChI=1S/C24H27FN2O4/c1-3-26-24(29)16-31-22-11-7-17(14-23(22)30-2)6-10-21(28)18-8-9-20(19(25)15-18)27-12-4-5-13-27/h6-11,14-15H,3-5,12-13,16H2,1-2H3,(H,26,29)/b10-6+. The quantitative estimate of drug-likeness (QED) is 0.487. The summed E-state index contributed by atoms with van der Waals surface area (Å²) in [7, 11) is 1.50. The molecule has 1 aliphatic heterocycles. The molecular formula is C24H27FN2O4. The Balaban J connectivity index is 1.67. The van der Waals surface area contributed by atoms with Gasteiger partial charge >= 0.3 is 0 Å². The molecule has 2 aromatic carbocycles. The lowest BCUT2D eigenvalue weighted by molar-refractivity contribution is -0.123. The van der Waals surface area contributed by atoms with Gasteiger partial charge in [0.2, 0.25) is 0 Å². The van der Waals surface area contributed by atoms with Gasteiger partial charge in [0, 0.05) is 25.2 Å². The van der Waals surface area contributed by atoms with Crippen molar-refractivity contribution in [3.05, 3.63) is 59.4 Å². The van der Waals surface area contributed by atoms with Gasteiger partial charge in [0.05, 0.1) is 12.8 Å². The number of ketones is 1. The number of likely N-dealkylation sites (N-methyl/N-ethyl adjacent to an activating group) is 1. The lowest BCUT2D eigenvalue weighted by atomic mass is 10.1. The van der Waals surface area contributed by atoms with Crippen molar-refractivity contribution in [1.29, 1.82) is 0 Å². The van der Waals surface area contributed by atoms with Crippen LogP contribution in [0.15, 0.2) is 42.5 Å². The van der Waals surface area contributed by atoms with Crippen molar-refractivity contribution >= 4 is 23.5 Å². The topological polar surface area (TPSA) is 67.9 Å². The Morgan fingerprint density at radius 3 is 2.58 bits per heavy atom. The Bertz CT molecular complexity index is 968. The Labute approximate surface area is 181 Å². The molecule has 0 radical (unpaired) electrons. The maximum Gasteiger partial charge on any atom is 0.257 e. The van der Waals surface area contributed by atoms with Gasteiger partial charge in [-0.3, -0.25) is 9.59 Å². The number of hydrogen-bond acceptors (Lipinski definition) is 5. The summed E-state index contributed by atoms with van der Waals surface area (Å²) in [5.74, 6) is -0.0161. The normalized spacial score (nSPS) is 13.5. The van der Waals surface area contributed by atoms with Crippen LogP contribution in [0.4, 0.5) is 10.1 Å². The summed E-state index contributed by atoms with van der Waals surface area (Å²) in [5.41, 5.74) is 1.56. The predicted octanol–water partition coefficient (Wildman–Crippen LogP) is 3.85. The van der Waals surface area contributed by atoms with E-state index in [1.165, 1.54) is 19.3 Å². The largest absolute Gasteiger partial charge is 0.493 e. The molecule has 0 atom stereocenters. The van der Waals surface area contributed by atoms with Crippen LogP contribution in [-0.2, 0) is 4.79 Å². The molecule has 3 rings (SSSR count). The highest BCUT2D eigenvalue weighted by atomic mass is 19.1. The Hall–Kier alpha value is -3.35. The number of nitrogens with one attached hydrogen (secondary N) is 1. The van der Waals surface area contributed by atoms with Crippen LogP contribution in [0.5, 0.6) is 11.5 Å². The average molecular weight is 426 g/mol. The van der Waals surface area contributed by atoms with E-state index in [-0.39, 0.29) is 24.1 Å². The van der Waals surface area contributed by atoms with E-state index in [1.807, 2.05) is 11.8 Å². The van der Waals surface area contributed by atoms with Gasteiger partial charge in [-0.2, -0.15) is 0 Å². The van der Waals surface area contributed by atoms with Crippen molar-refractivity contribution in [3.8, 4) is 11.5 Å². The van der Waals surface area contributed by atoms with E-state index >= 15 is 0 Å². The predicted molar refractivity (Wildman–Crippen MR) is 118 cm³/mol. The van der Waals surface area contributed by atoms with Crippen molar-refractivity contribution in [2.45, 2.75) is 19.8 Å². The summed E-state index contributed by atoms with van der Waals surface area (Å²) in [6.07, 6.45) is 5.14. The van der Waals surface area contributed by atoms with Crippen LogP contribution in [0.3, 0.4) is 0 Å². The van der Waals surface area contributed by atoms with Gasteiger partial charge in [0.1, 0.15) is 5.82 Å². The van der Waals surface area contributed by atoms with E-state index in [9.17, 15) is 14.0 Å². The lowest BCUT2D eigenvalue weighted by Gasteiger charge is -2.18. The first kappa shape index (κ1) is 22.3. The maximum atomic E-state index is 14.5. The van der Waals surface area contributed by atoms with E-state index in [0.717, 1.165) is 25.9 Å². The zero-order valence-electron chi connectivity index (χ0n) is 17.8. The van der Waals surface area contributed by atoms with Crippen molar-refractivity contribution in [2.75, 3.05) is 38.3 Å². The summed E-state index contributed by atoms with van der Waals surface area (Å²) in [6, 6.07) is 9.74. The molecule has 31 heavy (non-hydrogen) atoms. The number of nitrogens with zero attached hydrogens (tertiary/aromatic N) is 1. The van der Waals surface area contributed by atoms with Crippen molar-refractivity contribution in [2.24, 2.45) is 0 Å². The summed E-state index contributed by atoms with van der Waals surface area (Å²) < 4.78 is 25.3. The van der Waals surface area contributed by atoms with Gasteiger partial charge in [-0.25, -0.2) is 4.39 Å². The summed E-state index contributed by atoms with van der Waals surface area (Å²) in [6.45, 7) is 3.93. The number of allylic oxidation sites excluding steroid dienone is 1. The van der Waals surface area contributed by atoms with E-state index < -0.39 is 0 Å². The van der Waals surface area contributed by atoms with E-state index in [4.69, 9.17) is 9.47 Å². The van der Waals surface area contributed by atoms with Gasteiger partial charge in [-0.1, -0.05) is 12.1 Å². The fourth-order valence-corrected chi connectivity index (χ4v) is 3.44. The fraction of sp³-hybridized carbons (Fsp3) is 0.333. The Morgan fingerprint density at radius 1 is 1.13 bits per heavy atom. The number of methoxy groups -OCH3 is 1. The number of hydrogen-bond donors (Lipinski definition) is 1. The van der Waals surface area contributed by atoms with E-state index in [2.05, 4.69) is 5.32 Å². The Morgan fingerprint density at radius 2 is 1.90 bits per heavy atom. The molecule has 0 bridgehead atoms. The minimum Gasteiger partial charge on any atom is -0.493 e. The first-order valence-electron chi connectivity index (χ1n) is 10.4. The number of amides is 1. The molecule has 1 heterocycles. The van der Waals surface area contributed by atoms with Gasteiger partial charge in [0.25, 0.3) is 5.91 Å². The second kappa shape index (κ2) is 10.6. The average Bonchev–Trinajstić information content (AvgIpc) is 3.31. The lowest BCUT2D eigenvalue weighted by Crippen LogP contribution is -2.28. The summed E-state index contributed by atoms with van der Waals surface area (Å²) in [4.78, 5) is 26.1. The van der Waals surface area contributed by atoms with Gasteiger partial charge in [0.15, 0.2) is 23.9 Å². The maximum absolute atomic E-state index is 14.5. The first-order chi connectivity index (χ1) is 15.0. The molecule has 1 N–H and O–H groups in total. The van der Waals surface area contributed by atoms with Crippen LogP contribution >= 0.6 is 0 Å². The van der Waals surface area contributed by atoms with Crippen LogP contribution in [0.25, 0.3) is 6.08 Å². The molecule has 0 saturated carbocycles. The van der Waals surface area contributed by atoms with Crippen LogP contribution in [-0.4, -0.2) is 45.0 Å².